The zero-order valence-corrected chi connectivity index (χ0v) is 10.4. The summed E-state index contributed by atoms with van der Waals surface area (Å²) in [4.78, 5) is 0. The first-order valence-corrected chi connectivity index (χ1v) is 8.25. The lowest BCUT2D eigenvalue weighted by Gasteiger charge is -2.10. The first-order valence-electron chi connectivity index (χ1n) is 4.88. The third-order valence-corrected chi connectivity index (χ3v) is 4.37. The van der Waals surface area contributed by atoms with Crippen LogP contribution in [0.25, 0.3) is 0 Å². The van der Waals surface area contributed by atoms with E-state index in [0.29, 0.717) is 6.61 Å². The molecule has 96 valence electrons. The van der Waals surface area contributed by atoms with Crippen LogP contribution >= 0.6 is 0 Å². The lowest BCUT2D eigenvalue weighted by atomic mass is 10.3. The van der Waals surface area contributed by atoms with Crippen LogP contribution in [0.3, 0.4) is 0 Å². The van der Waals surface area contributed by atoms with Gasteiger partial charge in [0.05, 0.1) is 17.6 Å². The van der Waals surface area contributed by atoms with Gasteiger partial charge in [0.25, 0.3) is 0 Å². The van der Waals surface area contributed by atoms with Gasteiger partial charge in [-0.25, -0.2) is 26.7 Å². The summed E-state index contributed by atoms with van der Waals surface area (Å²) in [7, 11) is -7.11. The molecule has 1 saturated heterocycles. The Morgan fingerprint density at radius 3 is 2.50 bits per heavy atom. The summed E-state index contributed by atoms with van der Waals surface area (Å²) in [6.45, 7) is 0.380. The van der Waals surface area contributed by atoms with Gasteiger partial charge in [-0.3, -0.25) is 0 Å². The molecule has 0 aromatic rings. The van der Waals surface area contributed by atoms with Gasteiger partial charge in [0, 0.05) is 13.2 Å². The molecule has 1 fully saturated rings. The number of nitrogens with two attached hydrogens (primary N) is 1. The fourth-order valence-electron chi connectivity index (χ4n) is 1.42. The number of rotatable bonds is 6. The smallest absolute Gasteiger partial charge is 0.214 e. The maximum Gasteiger partial charge on any atom is 0.214 e. The van der Waals surface area contributed by atoms with Gasteiger partial charge in [-0.2, -0.15) is 0 Å². The molecule has 1 heterocycles. The van der Waals surface area contributed by atoms with Crippen molar-refractivity contribution in [3.8, 4) is 0 Å². The van der Waals surface area contributed by atoms with E-state index in [0.717, 1.165) is 12.8 Å². The Hall–Kier alpha value is -0.220. The minimum Gasteiger partial charge on any atom is -0.377 e. The summed E-state index contributed by atoms with van der Waals surface area (Å²) in [6, 6.07) is 0. The maximum absolute atomic E-state index is 11.4. The van der Waals surface area contributed by atoms with Gasteiger partial charge in [-0.15, -0.1) is 0 Å². The zero-order valence-electron chi connectivity index (χ0n) is 8.76. The zero-order chi connectivity index (χ0) is 12.2. The molecule has 3 N–H and O–H groups in total. The number of ether oxygens (including phenoxy) is 1. The highest BCUT2D eigenvalue weighted by molar-refractivity contribution is 7.90. The van der Waals surface area contributed by atoms with Crippen LogP contribution < -0.4 is 9.86 Å². The molecular formula is C7H16N2O5S2. The molecule has 0 aromatic carbocycles. The van der Waals surface area contributed by atoms with Crippen molar-refractivity contribution in [1.29, 1.82) is 0 Å². The Labute approximate surface area is 95.4 Å². The molecular weight excluding hydrogens is 256 g/mol. The van der Waals surface area contributed by atoms with Crippen LogP contribution in [0.15, 0.2) is 0 Å². The molecule has 16 heavy (non-hydrogen) atoms. The van der Waals surface area contributed by atoms with Crippen molar-refractivity contribution in [2.45, 2.75) is 18.9 Å². The van der Waals surface area contributed by atoms with E-state index < -0.39 is 25.8 Å². The molecule has 0 bridgehead atoms. The van der Waals surface area contributed by atoms with Gasteiger partial charge < -0.3 is 4.74 Å². The molecule has 1 aliphatic heterocycles. The van der Waals surface area contributed by atoms with E-state index in [1.807, 2.05) is 0 Å². The van der Waals surface area contributed by atoms with Crippen molar-refractivity contribution in [1.82, 2.24) is 4.72 Å². The van der Waals surface area contributed by atoms with Gasteiger partial charge >= 0.3 is 0 Å². The summed E-state index contributed by atoms with van der Waals surface area (Å²) in [5.74, 6) is -0.532. The highest BCUT2D eigenvalue weighted by Gasteiger charge is 2.23. The number of nitrogens with one attached hydrogen (secondary N) is 1. The van der Waals surface area contributed by atoms with E-state index in [2.05, 4.69) is 4.72 Å². The normalized spacial score (nSPS) is 22.4. The average Bonchev–Trinajstić information content (AvgIpc) is 2.52. The van der Waals surface area contributed by atoms with Crippen molar-refractivity contribution in [2.24, 2.45) is 5.14 Å². The molecule has 0 radical (unpaired) electrons. The molecule has 0 spiro atoms. The fourth-order valence-corrected chi connectivity index (χ4v) is 3.22. The summed E-state index contributed by atoms with van der Waals surface area (Å²) in [5, 5.41) is 4.74. The van der Waals surface area contributed by atoms with Gasteiger partial charge in [-0.1, -0.05) is 0 Å². The number of hydrogen-bond donors (Lipinski definition) is 2. The second-order valence-electron chi connectivity index (χ2n) is 3.68. The van der Waals surface area contributed by atoms with Crippen LogP contribution in [0.2, 0.25) is 0 Å². The molecule has 1 rings (SSSR count). The monoisotopic (exact) mass is 272 g/mol. The molecule has 1 aliphatic rings. The van der Waals surface area contributed by atoms with Crippen LogP contribution in [-0.4, -0.2) is 47.6 Å². The molecule has 1 atom stereocenters. The first kappa shape index (κ1) is 13.8. The summed E-state index contributed by atoms with van der Waals surface area (Å²) in [6.07, 6.45) is 1.29. The van der Waals surface area contributed by atoms with Gasteiger partial charge in [0.2, 0.25) is 20.0 Å². The van der Waals surface area contributed by atoms with E-state index in [1.165, 1.54) is 0 Å². The SMILES string of the molecule is NS(=O)(=O)CCNS(=O)(=O)CC1CCCO1. The van der Waals surface area contributed by atoms with Crippen LogP contribution in [-0.2, 0) is 24.8 Å². The highest BCUT2D eigenvalue weighted by atomic mass is 32.2. The number of sulfonamides is 2. The Morgan fingerprint density at radius 1 is 1.31 bits per heavy atom. The number of primary sulfonamides is 1. The molecule has 0 aromatic heterocycles. The number of hydrogen-bond acceptors (Lipinski definition) is 5. The van der Waals surface area contributed by atoms with Crippen molar-refractivity contribution >= 4 is 20.0 Å². The predicted octanol–water partition coefficient (Wildman–Crippen LogP) is -1.63. The summed E-state index contributed by atoms with van der Waals surface area (Å²) >= 11 is 0. The standard InChI is InChI=1S/C7H16N2O5S2/c8-15(10,11)5-3-9-16(12,13)6-7-2-1-4-14-7/h7,9H,1-6H2,(H2,8,10,11). The van der Waals surface area contributed by atoms with Crippen molar-refractivity contribution < 1.29 is 21.6 Å². The molecule has 0 aliphatic carbocycles. The van der Waals surface area contributed by atoms with Gasteiger partial charge in [-0.05, 0) is 12.8 Å². The lowest BCUT2D eigenvalue weighted by Crippen LogP contribution is -2.36. The van der Waals surface area contributed by atoms with Crippen molar-refractivity contribution in [3.63, 3.8) is 0 Å². The minimum absolute atomic E-state index is 0.127. The van der Waals surface area contributed by atoms with Gasteiger partial charge in [0.1, 0.15) is 0 Å². The third-order valence-electron chi connectivity index (χ3n) is 2.14. The van der Waals surface area contributed by atoms with Crippen molar-refractivity contribution in [2.75, 3.05) is 24.7 Å². The molecule has 7 nitrogen and oxygen atoms in total. The lowest BCUT2D eigenvalue weighted by molar-refractivity contribution is 0.127. The van der Waals surface area contributed by atoms with E-state index in [4.69, 9.17) is 9.88 Å². The molecule has 0 saturated carbocycles. The second-order valence-corrected chi connectivity index (χ2v) is 7.26. The third kappa shape index (κ3) is 5.75. The minimum atomic E-state index is -3.63. The van der Waals surface area contributed by atoms with E-state index in [9.17, 15) is 16.8 Å². The van der Waals surface area contributed by atoms with E-state index >= 15 is 0 Å². The molecule has 9 heteroatoms. The topological polar surface area (TPSA) is 116 Å². The quantitative estimate of drug-likeness (QED) is 0.602. The van der Waals surface area contributed by atoms with Crippen LogP contribution in [0.4, 0.5) is 0 Å². The summed E-state index contributed by atoms with van der Waals surface area (Å²) < 4.78 is 51.4. The van der Waals surface area contributed by atoms with Crippen LogP contribution in [0, 0.1) is 0 Å². The van der Waals surface area contributed by atoms with Crippen molar-refractivity contribution in [3.05, 3.63) is 0 Å². The predicted molar refractivity (Wildman–Crippen MR) is 58.7 cm³/mol. The van der Waals surface area contributed by atoms with E-state index in [-0.39, 0.29) is 18.4 Å². The Morgan fingerprint density at radius 2 is 2.00 bits per heavy atom. The fraction of sp³-hybridized carbons (Fsp3) is 1.00. The average molecular weight is 272 g/mol. The second kappa shape index (κ2) is 5.41. The highest BCUT2D eigenvalue weighted by Crippen LogP contribution is 2.13. The first-order chi connectivity index (χ1) is 7.29. The molecule has 0 amide bonds. The van der Waals surface area contributed by atoms with Crippen LogP contribution in [0.1, 0.15) is 12.8 Å². The Kier molecular flexibility index (Phi) is 4.68. The maximum atomic E-state index is 11.4. The van der Waals surface area contributed by atoms with E-state index in [1.54, 1.807) is 0 Å². The van der Waals surface area contributed by atoms with Gasteiger partial charge in [0.15, 0.2) is 0 Å². The largest absolute Gasteiger partial charge is 0.377 e. The summed E-state index contributed by atoms with van der Waals surface area (Å²) in [5.41, 5.74) is 0. The van der Waals surface area contributed by atoms with Crippen LogP contribution in [0.5, 0.6) is 0 Å². The Bertz CT molecular complexity index is 410. The molecule has 1 unspecified atom stereocenters. The Balaban J connectivity index is 2.34.